The van der Waals surface area contributed by atoms with E-state index in [2.05, 4.69) is 18.7 Å². The predicted octanol–water partition coefficient (Wildman–Crippen LogP) is 2.54. The van der Waals surface area contributed by atoms with E-state index >= 15 is 0 Å². The molecule has 1 aliphatic carbocycles. The van der Waals surface area contributed by atoms with Crippen molar-refractivity contribution in [2.75, 3.05) is 19.6 Å². The molecule has 2 fully saturated rings. The molecule has 3 heteroatoms. The SMILES string of the molecule is CC1(C)CCCN(C(=O)CC2(CN)CCC2)CC1. The molecule has 0 unspecified atom stereocenters. The van der Waals surface area contributed by atoms with Gasteiger partial charge in [0.15, 0.2) is 0 Å². The van der Waals surface area contributed by atoms with E-state index in [9.17, 15) is 4.79 Å². The van der Waals surface area contributed by atoms with Crippen LogP contribution in [0.4, 0.5) is 0 Å². The van der Waals surface area contributed by atoms with Crippen molar-refractivity contribution in [2.45, 2.75) is 58.8 Å². The van der Waals surface area contributed by atoms with Crippen LogP contribution in [0, 0.1) is 10.8 Å². The van der Waals surface area contributed by atoms with Gasteiger partial charge in [-0.15, -0.1) is 0 Å². The van der Waals surface area contributed by atoms with Gasteiger partial charge in [-0.3, -0.25) is 4.79 Å². The van der Waals surface area contributed by atoms with Crippen LogP contribution in [-0.4, -0.2) is 30.4 Å². The minimum absolute atomic E-state index is 0.152. The van der Waals surface area contributed by atoms with Crippen molar-refractivity contribution in [1.82, 2.24) is 4.90 Å². The van der Waals surface area contributed by atoms with E-state index in [-0.39, 0.29) is 5.41 Å². The molecule has 2 rings (SSSR count). The maximum absolute atomic E-state index is 12.4. The minimum Gasteiger partial charge on any atom is -0.343 e. The van der Waals surface area contributed by atoms with Crippen LogP contribution >= 0.6 is 0 Å². The van der Waals surface area contributed by atoms with Crippen molar-refractivity contribution in [2.24, 2.45) is 16.6 Å². The van der Waals surface area contributed by atoms with Gasteiger partial charge in [0.1, 0.15) is 0 Å². The largest absolute Gasteiger partial charge is 0.343 e. The summed E-state index contributed by atoms with van der Waals surface area (Å²) in [5, 5.41) is 0. The summed E-state index contributed by atoms with van der Waals surface area (Å²) in [5.74, 6) is 0.345. The molecule has 0 atom stereocenters. The van der Waals surface area contributed by atoms with Gasteiger partial charge in [0.2, 0.25) is 5.91 Å². The summed E-state index contributed by atoms with van der Waals surface area (Å²) < 4.78 is 0. The first-order valence-electron chi connectivity index (χ1n) is 7.44. The highest BCUT2D eigenvalue weighted by atomic mass is 16.2. The Bertz CT molecular complexity index is 302. The Morgan fingerprint density at radius 1 is 1.11 bits per heavy atom. The molecule has 0 aromatic carbocycles. The summed E-state index contributed by atoms with van der Waals surface area (Å²) in [7, 11) is 0. The quantitative estimate of drug-likeness (QED) is 0.839. The van der Waals surface area contributed by atoms with Gasteiger partial charge >= 0.3 is 0 Å². The lowest BCUT2D eigenvalue weighted by Gasteiger charge is -2.41. The second kappa shape index (κ2) is 5.20. The van der Waals surface area contributed by atoms with Crippen LogP contribution < -0.4 is 5.73 Å². The van der Waals surface area contributed by atoms with Crippen LogP contribution in [0.5, 0.6) is 0 Å². The van der Waals surface area contributed by atoms with Crippen LogP contribution in [0.25, 0.3) is 0 Å². The molecule has 1 saturated heterocycles. The fraction of sp³-hybridized carbons (Fsp3) is 0.933. The molecule has 2 N–H and O–H groups in total. The van der Waals surface area contributed by atoms with Gasteiger partial charge < -0.3 is 10.6 Å². The Morgan fingerprint density at radius 3 is 2.39 bits per heavy atom. The maximum atomic E-state index is 12.4. The summed E-state index contributed by atoms with van der Waals surface area (Å²) in [6, 6.07) is 0. The highest BCUT2D eigenvalue weighted by molar-refractivity contribution is 5.77. The average Bonchev–Trinajstić information content (AvgIpc) is 2.44. The monoisotopic (exact) mass is 252 g/mol. The molecule has 1 amide bonds. The molecule has 1 heterocycles. The summed E-state index contributed by atoms with van der Waals surface area (Å²) >= 11 is 0. The number of carbonyl (C=O) groups excluding carboxylic acids is 1. The third-order valence-corrected chi connectivity index (χ3v) is 5.07. The summed E-state index contributed by atoms with van der Waals surface area (Å²) in [6.07, 6.45) is 7.74. The van der Waals surface area contributed by atoms with Gasteiger partial charge in [-0.1, -0.05) is 20.3 Å². The predicted molar refractivity (Wildman–Crippen MR) is 74.2 cm³/mol. The topological polar surface area (TPSA) is 46.3 Å². The standard InChI is InChI=1S/C15H28N2O/c1-14(2)5-4-9-17(10-8-14)13(18)11-15(12-16)6-3-7-15/h3-12,16H2,1-2H3. The van der Waals surface area contributed by atoms with E-state index in [0.717, 1.165) is 38.8 Å². The first-order chi connectivity index (χ1) is 8.46. The number of amides is 1. The Labute approximate surface area is 111 Å². The van der Waals surface area contributed by atoms with Crippen molar-refractivity contribution in [3.05, 3.63) is 0 Å². The Kier molecular flexibility index (Phi) is 4.00. The van der Waals surface area contributed by atoms with Crippen molar-refractivity contribution in [1.29, 1.82) is 0 Å². The van der Waals surface area contributed by atoms with Gasteiger partial charge in [0.05, 0.1) is 0 Å². The third-order valence-electron chi connectivity index (χ3n) is 5.07. The zero-order valence-electron chi connectivity index (χ0n) is 12.0. The van der Waals surface area contributed by atoms with Crippen LogP contribution in [0.3, 0.4) is 0 Å². The Hall–Kier alpha value is -0.570. The van der Waals surface area contributed by atoms with Crippen molar-refractivity contribution in [3.8, 4) is 0 Å². The molecule has 104 valence electrons. The number of rotatable bonds is 3. The normalized spacial score (nSPS) is 26.3. The molecule has 18 heavy (non-hydrogen) atoms. The van der Waals surface area contributed by atoms with Crippen LogP contribution in [-0.2, 0) is 4.79 Å². The lowest BCUT2D eigenvalue weighted by Crippen LogP contribution is -2.43. The Balaban J connectivity index is 1.89. The van der Waals surface area contributed by atoms with E-state index in [4.69, 9.17) is 5.73 Å². The molecule has 0 bridgehead atoms. The molecular formula is C15H28N2O. The first kappa shape index (κ1) is 13.9. The van der Waals surface area contributed by atoms with Gasteiger partial charge in [-0.05, 0) is 49.5 Å². The van der Waals surface area contributed by atoms with Crippen LogP contribution in [0.15, 0.2) is 0 Å². The second-order valence-electron chi connectivity index (χ2n) is 7.13. The van der Waals surface area contributed by atoms with Crippen molar-refractivity contribution >= 4 is 5.91 Å². The first-order valence-corrected chi connectivity index (χ1v) is 7.44. The maximum Gasteiger partial charge on any atom is 0.223 e. The number of hydrogen-bond acceptors (Lipinski definition) is 2. The van der Waals surface area contributed by atoms with Crippen LogP contribution in [0.2, 0.25) is 0 Å². The molecule has 2 aliphatic rings. The number of likely N-dealkylation sites (tertiary alicyclic amines) is 1. The summed E-state index contributed by atoms with van der Waals surface area (Å²) in [5.41, 5.74) is 6.40. The zero-order chi connectivity index (χ0) is 13.2. The lowest BCUT2D eigenvalue weighted by atomic mass is 9.66. The summed E-state index contributed by atoms with van der Waals surface area (Å²) in [4.78, 5) is 14.5. The third kappa shape index (κ3) is 3.05. The summed E-state index contributed by atoms with van der Waals surface area (Å²) in [6.45, 7) is 7.19. The van der Waals surface area contributed by atoms with E-state index < -0.39 is 0 Å². The minimum atomic E-state index is 0.152. The molecule has 1 saturated carbocycles. The van der Waals surface area contributed by atoms with E-state index in [1.807, 2.05) is 0 Å². The van der Waals surface area contributed by atoms with E-state index in [0.29, 0.717) is 24.3 Å². The molecular weight excluding hydrogens is 224 g/mol. The van der Waals surface area contributed by atoms with Crippen molar-refractivity contribution in [3.63, 3.8) is 0 Å². The van der Waals surface area contributed by atoms with Gasteiger partial charge in [-0.2, -0.15) is 0 Å². The second-order valence-corrected chi connectivity index (χ2v) is 7.13. The zero-order valence-corrected chi connectivity index (χ0v) is 12.0. The molecule has 0 aromatic heterocycles. The molecule has 3 nitrogen and oxygen atoms in total. The number of hydrogen-bond donors (Lipinski definition) is 1. The van der Waals surface area contributed by atoms with Crippen LogP contribution in [0.1, 0.15) is 58.8 Å². The molecule has 0 spiro atoms. The highest BCUT2D eigenvalue weighted by Crippen LogP contribution is 2.43. The fourth-order valence-corrected chi connectivity index (χ4v) is 3.23. The lowest BCUT2D eigenvalue weighted by molar-refractivity contribution is -0.135. The average molecular weight is 252 g/mol. The molecule has 0 aromatic rings. The smallest absolute Gasteiger partial charge is 0.223 e. The fourth-order valence-electron chi connectivity index (χ4n) is 3.23. The molecule has 0 radical (unpaired) electrons. The van der Waals surface area contributed by atoms with Gasteiger partial charge in [0, 0.05) is 19.5 Å². The molecule has 1 aliphatic heterocycles. The van der Waals surface area contributed by atoms with Gasteiger partial charge in [0.25, 0.3) is 0 Å². The Morgan fingerprint density at radius 2 is 1.83 bits per heavy atom. The number of carbonyl (C=O) groups is 1. The number of nitrogens with zero attached hydrogens (tertiary/aromatic N) is 1. The van der Waals surface area contributed by atoms with E-state index in [1.165, 1.54) is 12.8 Å². The van der Waals surface area contributed by atoms with Gasteiger partial charge in [-0.25, -0.2) is 0 Å². The highest BCUT2D eigenvalue weighted by Gasteiger charge is 2.39. The van der Waals surface area contributed by atoms with Crippen molar-refractivity contribution < 1.29 is 4.79 Å². The van der Waals surface area contributed by atoms with E-state index in [1.54, 1.807) is 0 Å². The number of nitrogens with two attached hydrogens (primary N) is 1.